The minimum absolute atomic E-state index is 0.177. The van der Waals surface area contributed by atoms with E-state index < -0.39 is 0 Å². The van der Waals surface area contributed by atoms with Crippen molar-refractivity contribution in [2.75, 3.05) is 0 Å². The van der Waals surface area contributed by atoms with Crippen LogP contribution in [-0.2, 0) is 18.4 Å². The van der Waals surface area contributed by atoms with Crippen molar-refractivity contribution in [3.63, 3.8) is 0 Å². The van der Waals surface area contributed by atoms with Crippen LogP contribution in [0.4, 0.5) is 0 Å². The Bertz CT molecular complexity index is 1380. The molecule has 0 saturated heterocycles. The second-order valence-electron chi connectivity index (χ2n) is 9.62. The van der Waals surface area contributed by atoms with Crippen molar-refractivity contribution in [1.29, 1.82) is 0 Å². The molecule has 3 aromatic heterocycles. The molecule has 1 aliphatic carbocycles. The van der Waals surface area contributed by atoms with Crippen molar-refractivity contribution in [2.24, 2.45) is 0 Å². The van der Waals surface area contributed by atoms with Crippen LogP contribution >= 0.6 is 0 Å². The van der Waals surface area contributed by atoms with Gasteiger partial charge in [-0.2, -0.15) is 0 Å². The standard InChI is InChI=1S/C30H27N2O2/c1-2-7-22(8-3-1)9-6-14-31-15-16-32-27-19-30(23-12-17-33-20-23,24-13-18-34-21-24)28(29(31)32)26-11-5-4-10-25(26)27/h1-5,7-8,10-13,15-18,20-21,27-28H,6,9,14,19H2/q+1. The minimum atomic E-state index is -0.228. The zero-order valence-electron chi connectivity index (χ0n) is 19.0. The first-order valence-corrected chi connectivity index (χ1v) is 12.1. The normalized spacial score (nSPS) is 19.6. The quantitative estimate of drug-likeness (QED) is 0.298. The Morgan fingerprint density at radius 3 is 2.26 bits per heavy atom. The van der Waals surface area contributed by atoms with Crippen LogP contribution in [0.15, 0.2) is 113 Å². The third-order valence-electron chi connectivity index (χ3n) is 8.01. The van der Waals surface area contributed by atoms with E-state index in [0.717, 1.165) is 25.8 Å². The van der Waals surface area contributed by atoms with E-state index in [9.17, 15) is 0 Å². The molecular formula is C30H27N2O2+. The number of rotatable bonds is 6. The number of aryl methyl sites for hydroxylation is 2. The predicted molar refractivity (Wildman–Crippen MR) is 129 cm³/mol. The van der Waals surface area contributed by atoms with Crippen LogP contribution in [-0.4, -0.2) is 4.57 Å². The third kappa shape index (κ3) is 2.75. The largest absolute Gasteiger partial charge is 0.472 e. The number of hydrogen-bond donors (Lipinski definition) is 0. The molecule has 2 aromatic carbocycles. The summed E-state index contributed by atoms with van der Waals surface area (Å²) in [6.45, 7) is 0.996. The Hall–Kier alpha value is -3.79. The fraction of sp³-hybridized carbons (Fsp3) is 0.233. The number of furan rings is 2. The second kappa shape index (κ2) is 7.63. The number of aromatic nitrogens is 2. The highest BCUT2D eigenvalue weighted by atomic mass is 16.3. The van der Waals surface area contributed by atoms with Crippen molar-refractivity contribution in [2.45, 2.75) is 43.2 Å². The molecule has 0 spiro atoms. The maximum atomic E-state index is 5.66. The van der Waals surface area contributed by atoms with Gasteiger partial charge < -0.3 is 8.83 Å². The molecule has 0 N–H and O–H groups in total. The van der Waals surface area contributed by atoms with Gasteiger partial charge in [-0.25, -0.2) is 9.13 Å². The summed E-state index contributed by atoms with van der Waals surface area (Å²) in [5.41, 5.74) is 6.48. The van der Waals surface area contributed by atoms with Gasteiger partial charge in [0.2, 0.25) is 0 Å². The zero-order chi connectivity index (χ0) is 22.5. The van der Waals surface area contributed by atoms with Crippen LogP contribution < -0.4 is 4.57 Å². The van der Waals surface area contributed by atoms with Gasteiger partial charge >= 0.3 is 0 Å². The Kier molecular flexibility index (Phi) is 4.41. The molecule has 0 fully saturated rings. The molecular weight excluding hydrogens is 420 g/mol. The van der Waals surface area contributed by atoms with Crippen molar-refractivity contribution < 1.29 is 13.4 Å². The molecule has 2 unspecified atom stereocenters. The first-order valence-electron chi connectivity index (χ1n) is 12.1. The topological polar surface area (TPSA) is 35.1 Å². The first kappa shape index (κ1) is 19.7. The highest BCUT2D eigenvalue weighted by molar-refractivity contribution is 5.54. The third-order valence-corrected chi connectivity index (χ3v) is 8.01. The van der Waals surface area contributed by atoms with E-state index in [1.165, 1.54) is 33.6 Å². The lowest BCUT2D eigenvalue weighted by Crippen LogP contribution is -2.53. The van der Waals surface area contributed by atoms with Gasteiger partial charge in [0.25, 0.3) is 5.82 Å². The molecule has 8 rings (SSSR count). The van der Waals surface area contributed by atoms with E-state index in [2.05, 4.69) is 88.3 Å². The molecule has 34 heavy (non-hydrogen) atoms. The smallest absolute Gasteiger partial charge is 0.265 e. The Morgan fingerprint density at radius 2 is 1.56 bits per heavy atom. The SMILES string of the molecule is c1ccc(CCC[n+]2ccn3c2C2c4ccccc4C3CC2(c2ccoc2)c2ccoc2)cc1. The molecule has 0 saturated carbocycles. The van der Waals surface area contributed by atoms with E-state index >= 15 is 0 Å². The number of fused-ring (bicyclic) bond motifs is 1. The van der Waals surface area contributed by atoms with Crippen LogP contribution in [0.25, 0.3) is 0 Å². The lowest BCUT2D eigenvalue weighted by atomic mass is 9.55. The number of nitrogens with zero attached hydrogens (tertiary/aromatic N) is 2. The number of imidazole rings is 1. The van der Waals surface area contributed by atoms with Crippen LogP contribution in [0.3, 0.4) is 0 Å². The number of benzene rings is 2. The highest BCUT2D eigenvalue weighted by Gasteiger charge is 2.60. The van der Waals surface area contributed by atoms with Gasteiger partial charge in [-0.1, -0.05) is 54.6 Å². The molecule has 3 aliphatic rings. The summed E-state index contributed by atoms with van der Waals surface area (Å²) in [5, 5.41) is 0. The van der Waals surface area contributed by atoms with Crippen molar-refractivity contribution in [3.05, 3.63) is 138 Å². The lowest BCUT2D eigenvalue weighted by molar-refractivity contribution is -0.706. The van der Waals surface area contributed by atoms with Gasteiger partial charge in [-0.3, -0.25) is 0 Å². The summed E-state index contributed by atoms with van der Waals surface area (Å²) in [6.07, 6.45) is 15.2. The van der Waals surface area contributed by atoms with Crippen molar-refractivity contribution >= 4 is 0 Å². The molecule has 5 heterocycles. The Morgan fingerprint density at radius 1 is 0.853 bits per heavy atom. The van der Waals surface area contributed by atoms with Crippen LogP contribution in [0.5, 0.6) is 0 Å². The minimum Gasteiger partial charge on any atom is -0.472 e. The molecule has 5 aromatic rings. The summed E-state index contributed by atoms with van der Waals surface area (Å²) in [5.74, 6) is 1.56. The molecule has 2 bridgehead atoms. The highest BCUT2D eigenvalue weighted by Crippen LogP contribution is 2.61. The van der Waals surface area contributed by atoms with Gasteiger partial charge in [0.1, 0.15) is 24.4 Å². The fourth-order valence-corrected chi connectivity index (χ4v) is 6.57. The number of hydrogen-bond acceptors (Lipinski definition) is 2. The van der Waals surface area contributed by atoms with Gasteiger partial charge in [0.05, 0.1) is 31.6 Å². The van der Waals surface area contributed by atoms with E-state index in [1.807, 2.05) is 12.5 Å². The van der Waals surface area contributed by atoms with Crippen LogP contribution in [0.2, 0.25) is 0 Å². The van der Waals surface area contributed by atoms with Crippen LogP contribution in [0, 0.1) is 0 Å². The molecule has 0 radical (unpaired) electrons. The lowest BCUT2D eigenvalue weighted by Gasteiger charge is -2.49. The van der Waals surface area contributed by atoms with E-state index in [0.29, 0.717) is 0 Å². The van der Waals surface area contributed by atoms with E-state index in [1.54, 1.807) is 12.5 Å². The zero-order valence-corrected chi connectivity index (χ0v) is 19.0. The molecule has 168 valence electrons. The molecule has 0 amide bonds. The molecule has 4 heteroatoms. The maximum Gasteiger partial charge on any atom is 0.265 e. The summed E-state index contributed by atoms with van der Waals surface area (Å²) in [6, 6.07) is 24.3. The maximum absolute atomic E-state index is 5.66. The van der Waals surface area contributed by atoms with Gasteiger partial charge in [0, 0.05) is 28.5 Å². The van der Waals surface area contributed by atoms with Gasteiger partial charge in [-0.15, -0.1) is 0 Å². The molecule has 4 nitrogen and oxygen atoms in total. The average Bonchev–Trinajstić information content (AvgIpc) is 3.68. The van der Waals surface area contributed by atoms with E-state index in [4.69, 9.17) is 8.83 Å². The van der Waals surface area contributed by atoms with E-state index in [-0.39, 0.29) is 17.4 Å². The Labute approximate surface area is 199 Å². The predicted octanol–water partition coefficient (Wildman–Crippen LogP) is 6.02. The van der Waals surface area contributed by atoms with Crippen molar-refractivity contribution in [3.8, 4) is 0 Å². The summed E-state index contributed by atoms with van der Waals surface area (Å²) in [7, 11) is 0. The van der Waals surface area contributed by atoms with Gasteiger partial charge in [-0.05, 0) is 36.1 Å². The van der Waals surface area contributed by atoms with Gasteiger partial charge in [0.15, 0.2) is 0 Å². The average molecular weight is 448 g/mol. The van der Waals surface area contributed by atoms with Crippen LogP contribution in [0.1, 0.15) is 58.4 Å². The monoisotopic (exact) mass is 447 g/mol. The Balaban J connectivity index is 1.36. The summed E-state index contributed by atoms with van der Waals surface area (Å²) in [4.78, 5) is 0. The molecule has 2 aliphatic heterocycles. The summed E-state index contributed by atoms with van der Waals surface area (Å²) < 4.78 is 16.3. The first-order chi connectivity index (χ1) is 16.9. The fourth-order valence-electron chi connectivity index (χ4n) is 6.57. The molecule has 2 atom stereocenters. The summed E-state index contributed by atoms with van der Waals surface area (Å²) >= 11 is 0. The van der Waals surface area contributed by atoms with Crippen molar-refractivity contribution in [1.82, 2.24) is 4.57 Å². The second-order valence-corrected chi connectivity index (χ2v) is 9.62.